The third-order valence-electron chi connectivity index (χ3n) is 0.756. The third kappa shape index (κ3) is 2.02. The third-order valence-corrected chi connectivity index (χ3v) is 0.756. The van der Waals surface area contributed by atoms with Gasteiger partial charge in [0.05, 0.1) is 0 Å². The molecular formula is C6H9AlO. The van der Waals surface area contributed by atoms with Crippen molar-refractivity contribution in [2.24, 2.45) is 0 Å². The fraction of sp³-hybridized carbons (Fsp3) is 0. The van der Waals surface area contributed by atoms with Crippen LogP contribution in [0.15, 0.2) is 30.3 Å². The van der Waals surface area contributed by atoms with Gasteiger partial charge in [0.1, 0.15) is 5.75 Å². The summed E-state index contributed by atoms with van der Waals surface area (Å²) in [5.41, 5.74) is 0. The predicted molar refractivity (Wildman–Crippen MR) is 38.0 cm³/mol. The molecule has 0 aliphatic heterocycles. The van der Waals surface area contributed by atoms with Crippen molar-refractivity contribution in [2.75, 3.05) is 0 Å². The van der Waals surface area contributed by atoms with Gasteiger partial charge in [-0.25, -0.2) is 0 Å². The van der Waals surface area contributed by atoms with Gasteiger partial charge in [-0.05, 0) is 12.1 Å². The van der Waals surface area contributed by atoms with Crippen molar-refractivity contribution < 1.29 is 5.11 Å². The number of phenols is 1. The fourth-order valence-electron chi connectivity index (χ4n) is 0.428. The van der Waals surface area contributed by atoms with Crippen LogP contribution in [0, 0.1) is 0 Å². The minimum Gasteiger partial charge on any atom is -0.508 e. The topological polar surface area (TPSA) is 20.2 Å². The monoisotopic (exact) mass is 125 g/mol. The number of aromatic hydroxyl groups is 1. The highest BCUT2D eigenvalue weighted by atomic mass is 27.0. The molecule has 2 heteroatoms. The Morgan fingerprint density at radius 3 is 2.00 bits per heavy atom. The molecule has 1 N–H and O–H groups in total. The lowest BCUT2D eigenvalue weighted by Crippen LogP contribution is -1.56. The second-order valence-corrected chi connectivity index (χ2v) is 1.34. The molecule has 0 spiro atoms. The molecule has 0 aliphatic rings. The van der Waals surface area contributed by atoms with Crippen molar-refractivity contribution in [3.63, 3.8) is 0 Å². The zero-order valence-electron chi connectivity index (χ0n) is 5.83. The van der Waals surface area contributed by atoms with Gasteiger partial charge in [-0.15, -0.1) is 0 Å². The Balaban J connectivity index is 0.000000291. The summed E-state index contributed by atoms with van der Waals surface area (Å²) in [4.78, 5) is 0. The molecule has 0 amide bonds. The van der Waals surface area contributed by atoms with Crippen molar-refractivity contribution >= 4 is 17.2 Å². The minimum absolute atomic E-state index is 0.322. The Morgan fingerprint density at radius 1 is 1.25 bits per heavy atom. The molecule has 0 bridgehead atoms. The predicted octanol–water partition coefficient (Wildman–Crippen LogP) is 0.208. The van der Waals surface area contributed by atoms with E-state index in [4.69, 9.17) is 6.05 Å². The van der Waals surface area contributed by atoms with Gasteiger partial charge in [0.15, 0.2) is 17.2 Å². The van der Waals surface area contributed by atoms with Crippen LogP contribution >= 0.6 is 0 Å². The van der Waals surface area contributed by atoms with Crippen LogP contribution < -0.4 is 0 Å². The van der Waals surface area contributed by atoms with Crippen LogP contribution in [-0.4, -0.2) is 23.3 Å². The summed E-state index contributed by atoms with van der Waals surface area (Å²) in [6.07, 6.45) is 0. The number of para-hydroxylation sites is 1. The molecule has 0 fully saturated rings. The molecule has 0 unspecified atom stereocenters. The molecule has 0 saturated carbocycles. The number of hydrogen-bond acceptors (Lipinski definition) is 1. The lowest BCUT2D eigenvalue weighted by molar-refractivity contribution is 0.475. The van der Waals surface area contributed by atoms with Crippen LogP contribution in [0.1, 0.15) is 0 Å². The molecular weight excluding hydrogens is 115 g/mol. The van der Waals surface area contributed by atoms with E-state index in [0.29, 0.717) is 23.0 Å². The maximum absolute atomic E-state index is 8.63. The van der Waals surface area contributed by atoms with Gasteiger partial charge in [-0.3, -0.25) is 0 Å². The second kappa shape index (κ2) is 3.54. The first kappa shape index (κ1) is 5.68. The maximum atomic E-state index is 8.63. The van der Waals surface area contributed by atoms with Crippen molar-refractivity contribution in [3.8, 4) is 5.75 Å². The van der Waals surface area contributed by atoms with Crippen molar-refractivity contribution in [2.45, 2.75) is 0 Å². The van der Waals surface area contributed by atoms with E-state index in [9.17, 15) is 0 Å². The largest absolute Gasteiger partial charge is 0.508 e. The Labute approximate surface area is 60.0 Å². The van der Waals surface area contributed by atoms with Crippen molar-refractivity contribution in [1.29, 1.82) is 0.939 Å². The van der Waals surface area contributed by atoms with E-state index in [-0.39, 0.29) is 0 Å². The van der Waals surface area contributed by atoms with Crippen LogP contribution in [0.2, 0.25) is 0 Å². The molecule has 0 aromatic heterocycles. The summed E-state index contributed by atoms with van der Waals surface area (Å²) in [5.74, 6) is 0.322. The minimum atomic E-state index is 0.322. The summed E-state index contributed by atoms with van der Waals surface area (Å²) in [6.45, 7) is 0. The number of phenolic OH excluding ortho intramolecular Hbond substituents is 1. The zero-order chi connectivity index (χ0) is 7.11. The first-order valence-corrected chi connectivity index (χ1v) is 2.13. The van der Waals surface area contributed by atoms with Crippen LogP contribution in [0.4, 0.5) is 0 Å². The van der Waals surface area contributed by atoms with Gasteiger partial charge < -0.3 is 5.11 Å². The molecule has 1 rings (SSSR count). The number of rotatable bonds is 0. The van der Waals surface area contributed by atoms with Crippen LogP contribution in [-0.2, 0) is 0 Å². The van der Waals surface area contributed by atoms with E-state index in [1.54, 1.807) is 24.3 Å². The maximum Gasteiger partial charge on any atom is 0.187 e. The van der Waals surface area contributed by atoms with Gasteiger partial charge in [-0.1, -0.05) is 19.1 Å². The number of benzene rings is 1. The molecule has 1 aromatic carbocycles. The van der Waals surface area contributed by atoms with Crippen LogP contribution in [0.3, 0.4) is 0 Å². The second-order valence-electron chi connectivity index (χ2n) is 1.34. The van der Waals surface area contributed by atoms with Gasteiger partial charge in [0, 0.05) is 0 Å². The Morgan fingerprint density at radius 2 is 1.75 bits per heavy atom. The molecule has 8 heavy (non-hydrogen) atoms. The zero-order valence-corrected chi connectivity index (χ0v) is 6.83. The first-order valence-electron chi connectivity index (χ1n) is 3.13. The quantitative estimate of drug-likeness (QED) is 0.491. The average Bonchev–Trinajstić information content (AvgIpc) is 1.94. The molecule has 0 heterocycles. The summed E-state index contributed by atoms with van der Waals surface area (Å²) in [5, 5.41) is 8.63. The highest BCUT2D eigenvalue weighted by Crippen LogP contribution is 2.02. The van der Waals surface area contributed by atoms with Gasteiger partial charge in [0.2, 0.25) is 0 Å². The van der Waals surface area contributed by atoms with E-state index in [1.807, 2.05) is 6.07 Å². The summed E-state index contributed by atoms with van der Waals surface area (Å²) >= 11 is 0.556. The molecule has 1 nitrogen and oxygen atoms in total. The van der Waals surface area contributed by atoms with Gasteiger partial charge in [0.25, 0.3) is 0 Å². The highest BCUT2D eigenvalue weighted by Gasteiger charge is 1.74. The Hall–Kier alpha value is -0.448. The van der Waals surface area contributed by atoms with Crippen molar-refractivity contribution in [1.82, 2.24) is 0 Å². The average molecular weight is 125 g/mol. The molecule has 42 valence electrons. The summed E-state index contributed by atoms with van der Waals surface area (Å²) in [7, 11) is 0. The first-order chi connectivity index (χ1) is 4.39. The lowest BCUT2D eigenvalue weighted by atomic mass is 10.3. The molecule has 0 aliphatic carbocycles. The number of hydrogen-bond donors (Lipinski definition) is 1. The van der Waals surface area contributed by atoms with Crippen LogP contribution in [0.5, 0.6) is 5.75 Å². The van der Waals surface area contributed by atoms with E-state index < -0.39 is 0 Å². The lowest BCUT2D eigenvalue weighted by Gasteiger charge is -1.82. The molecule has 0 radical (unpaired) electrons. The van der Waals surface area contributed by atoms with E-state index in [1.165, 1.54) is 0 Å². The normalized spacial score (nSPS) is 8.25. The SMILES string of the molecule is Oc1ccccc1.[2H][AlH2]. The van der Waals surface area contributed by atoms with E-state index >= 15 is 0 Å². The fourth-order valence-corrected chi connectivity index (χ4v) is 0.428. The Bertz CT molecular complexity index is 143. The van der Waals surface area contributed by atoms with E-state index in [0.717, 1.165) is 0 Å². The molecule has 1 aromatic rings. The van der Waals surface area contributed by atoms with E-state index in [2.05, 4.69) is 0 Å². The smallest absolute Gasteiger partial charge is 0.187 e. The summed E-state index contributed by atoms with van der Waals surface area (Å²) < 4.78 is 5.89. The van der Waals surface area contributed by atoms with Crippen LogP contribution in [0.25, 0.3) is 0 Å². The molecule has 0 saturated heterocycles. The highest BCUT2D eigenvalue weighted by molar-refractivity contribution is 5.75. The van der Waals surface area contributed by atoms with Crippen molar-refractivity contribution in [3.05, 3.63) is 30.3 Å². The summed E-state index contributed by atoms with van der Waals surface area (Å²) in [6, 6.07) is 8.71. The molecule has 0 atom stereocenters. The van der Waals surface area contributed by atoms with Gasteiger partial charge >= 0.3 is 0 Å². The van der Waals surface area contributed by atoms with Gasteiger partial charge in [-0.2, -0.15) is 0 Å². The standard InChI is InChI=1S/C6H6O.Al.3H/c7-6-4-2-1-3-5-6;;;;/h1-5,7H;;;;/i;;1+1;;. The Kier molecular flexibility index (Phi) is 2.52.